The van der Waals surface area contributed by atoms with Crippen molar-refractivity contribution in [1.82, 2.24) is 9.38 Å². The Kier molecular flexibility index (Phi) is 2.72. The molecule has 0 saturated heterocycles. The summed E-state index contributed by atoms with van der Waals surface area (Å²) in [6, 6.07) is 10.3. The Morgan fingerprint density at radius 3 is 2.68 bits per heavy atom. The number of thioether (sulfide) groups is 1. The van der Waals surface area contributed by atoms with E-state index in [0.717, 1.165) is 32.8 Å². The van der Waals surface area contributed by atoms with Gasteiger partial charge in [0.15, 0.2) is 5.65 Å². The molecule has 94 valence electrons. The first-order valence-electron chi connectivity index (χ1n) is 6.03. The van der Waals surface area contributed by atoms with Gasteiger partial charge in [-0.05, 0) is 37.8 Å². The van der Waals surface area contributed by atoms with Crippen LogP contribution in [0.15, 0.2) is 29.2 Å². The number of rotatable bonds is 1. The second kappa shape index (κ2) is 4.29. The summed E-state index contributed by atoms with van der Waals surface area (Å²) in [6.45, 7) is 4.15. The third-order valence-corrected chi connectivity index (χ3v) is 4.46. The Balaban J connectivity index is 2.64. The molecule has 0 aliphatic heterocycles. The minimum absolute atomic E-state index is 0.673. The maximum atomic E-state index is 9.47. The van der Waals surface area contributed by atoms with Gasteiger partial charge < -0.3 is 0 Å². The summed E-state index contributed by atoms with van der Waals surface area (Å²) in [5.41, 5.74) is 5.72. The summed E-state index contributed by atoms with van der Waals surface area (Å²) < 4.78 is 2.09. The van der Waals surface area contributed by atoms with E-state index in [2.05, 4.69) is 29.3 Å². The third-order valence-electron chi connectivity index (χ3n) is 3.55. The van der Waals surface area contributed by atoms with Crippen molar-refractivity contribution in [1.29, 1.82) is 5.26 Å². The number of benzene rings is 1. The molecule has 0 bridgehead atoms. The molecule has 0 atom stereocenters. The zero-order valence-corrected chi connectivity index (χ0v) is 11.9. The summed E-state index contributed by atoms with van der Waals surface area (Å²) in [7, 11) is 0. The van der Waals surface area contributed by atoms with Crippen molar-refractivity contribution in [3.8, 4) is 6.07 Å². The smallest absolute Gasteiger partial charge is 0.157 e. The molecule has 0 unspecified atom stereocenters. The molecular weight excluding hydrogens is 254 g/mol. The summed E-state index contributed by atoms with van der Waals surface area (Å²) >= 11 is 1.61. The lowest BCUT2D eigenvalue weighted by Crippen LogP contribution is -2.01. The summed E-state index contributed by atoms with van der Waals surface area (Å²) in [4.78, 5) is 5.65. The standard InChI is InChI=1S/C15H13N3S/c1-9-10(2)18-13-7-5-4-6-12(13)17-15(18)11(8-16)14(9)19-3/h4-7H,1-3H3. The fourth-order valence-corrected chi connectivity index (χ4v) is 3.31. The highest BCUT2D eigenvalue weighted by Gasteiger charge is 2.17. The number of hydrogen-bond acceptors (Lipinski definition) is 3. The number of nitrogens with zero attached hydrogens (tertiary/aromatic N) is 3. The van der Waals surface area contributed by atoms with Gasteiger partial charge in [0.1, 0.15) is 11.6 Å². The van der Waals surface area contributed by atoms with Crippen molar-refractivity contribution in [2.24, 2.45) is 0 Å². The Morgan fingerprint density at radius 1 is 1.26 bits per heavy atom. The first-order chi connectivity index (χ1) is 9.19. The number of hydrogen-bond donors (Lipinski definition) is 0. The molecule has 0 N–H and O–H groups in total. The predicted molar refractivity (Wildman–Crippen MR) is 78.7 cm³/mol. The van der Waals surface area contributed by atoms with Gasteiger partial charge in [0, 0.05) is 10.6 Å². The van der Waals surface area contributed by atoms with Crippen LogP contribution in [0.2, 0.25) is 0 Å². The molecule has 3 rings (SSSR count). The van der Waals surface area contributed by atoms with E-state index in [9.17, 15) is 5.26 Å². The molecule has 3 aromatic rings. The van der Waals surface area contributed by atoms with Gasteiger partial charge in [-0.2, -0.15) is 5.26 Å². The molecule has 0 saturated carbocycles. The molecule has 0 aliphatic carbocycles. The van der Waals surface area contributed by atoms with Crippen molar-refractivity contribution in [3.63, 3.8) is 0 Å². The molecule has 4 heteroatoms. The topological polar surface area (TPSA) is 41.1 Å². The first kappa shape index (κ1) is 12.1. The van der Waals surface area contributed by atoms with E-state index in [-0.39, 0.29) is 0 Å². The van der Waals surface area contributed by atoms with Crippen molar-refractivity contribution >= 4 is 28.4 Å². The van der Waals surface area contributed by atoms with Gasteiger partial charge in [-0.25, -0.2) is 4.98 Å². The molecule has 2 heterocycles. The van der Waals surface area contributed by atoms with E-state index < -0.39 is 0 Å². The highest BCUT2D eigenvalue weighted by atomic mass is 32.2. The fourth-order valence-electron chi connectivity index (χ4n) is 2.51. The van der Waals surface area contributed by atoms with E-state index in [1.54, 1.807) is 11.8 Å². The first-order valence-corrected chi connectivity index (χ1v) is 7.26. The summed E-state index contributed by atoms with van der Waals surface area (Å²) in [6.07, 6.45) is 2.00. The Labute approximate surface area is 115 Å². The number of para-hydroxylation sites is 2. The summed E-state index contributed by atoms with van der Waals surface area (Å²) in [5, 5.41) is 9.47. The zero-order chi connectivity index (χ0) is 13.6. The minimum atomic E-state index is 0.673. The summed E-state index contributed by atoms with van der Waals surface area (Å²) in [5.74, 6) is 0. The quantitative estimate of drug-likeness (QED) is 0.631. The van der Waals surface area contributed by atoms with E-state index in [0.29, 0.717) is 5.56 Å². The molecule has 0 amide bonds. The largest absolute Gasteiger partial charge is 0.295 e. The van der Waals surface area contributed by atoms with Gasteiger partial charge >= 0.3 is 0 Å². The molecule has 19 heavy (non-hydrogen) atoms. The number of fused-ring (bicyclic) bond motifs is 3. The van der Waals surface area contributed by atoms with Gasteiger partial charge in [-0.15, -0.1) is 11.8 Å². The maximum absolute atomic E-state index is 9.47. The highest BCUT2D eigenvalue weighted by molar-refractivity contribution is 7.98. The Hall–Kier alpha value is -1.99. The van der Waals surface area contributed by atoms with Crippen LogP contribution in [0.25, 0.3) is 16.7 Å². The molecule has 0 aliphatic rings. The molecule has 2 aromatic heterocycles. The maximum Gasteiger partial charge on any atom is 0.157 e. The lowest BCUT2D eigenvalue weighted by molar-refractivity contribution is 1.04. The number of imidazole rings is 1. The lowest BCUT2D eigenvalue weighted by Gasteiger charge is -2.12. The second-order valence-electron chi connectivity index (χ2n) is 4.49. The van der Waals surface area contributed by atoms with Gasteiger partial charge in [-0.1, -0.05) is 12.1 Å². The van der Waals surface area contributed by atoms with Gasteiger partial charge in [-0.3, -0.25) is 4.40 Å². The van der Waals surface area contributed by atoms with Crippen LogP contribution < -0.4 is 0 Å². The number of nitriles is 1. The second-order valence-corrected chi connectivity index (χ2v) is 5.31. The number of aromatic nitrogens is 2. The van der Waals surface area contributed by atoms with E-state index in [1.165, 1.54) is 0 Å². The van der Waals surface area contributed by atoms with Gasteiger partial charge in [0.25, 0.3) is 0 Å². The normalized spacial score (nSPS) is 11.1. The van der Waals surface area contributed by atoms with E-state index >= 15 is 0 Å². The molecular formula is C15H13N3S. The molecule has 0 fully saturated rings. The third kappa shape index (κ3) is 1.55. The molecule has 3 nitrogen and oxygen atoms in total. The van der Waals surface area contributed by atoms with Crippen molar-refractivity contribution in [2.75, 3.05) is 6.26 Å². The van der Waals surface area contributed by atoms with Crippen LogP contribution >= 0.6 is 11.8 Å². The molecule has 0 spiro atoms. The molecule has 1 aromatic carbocycles. The van der Waals surface area contributed by atoms with Crippen LogP contribution in [-0.2, 0) is 0 Å². The average molecular weight is 267 g/mol. The SMILES string of the molecule is CSc1c(C)c(C)n2c(nc3ccccc32)c1C#N. The van der Waals surface area contributed by atoms with E-state index in [1.807, 2.05) is 30.5 Å². The van der Waals surface area contributed by atoms with Crippen LogP contribution in [0.5, 0.6) is 0 Å². The predicted octanol–water partition coefficient (Wildman–Crippen LogP) is 3.70. The van der Waals surface area contributed by atoms with Gasteiger partial charge in [0.05, 0.1) is 11.0 Å². The van der Waals surface area contributed by atoms with Crippen molar-refractivity contribution in [3.05, 3.63) is 41.1 Å². The number of pyridine rings is 1. The highest BCUT2D eigenvalue weighted by Crippen LogP contribution is 2.32. The average Bonchev–Trinajstić information content (AvgIpc) is 2.81. The van der Waals surface area contributed by atoms with Crippen LogP contribution in [0.4, 0.5) is 0 Å². The van der Waals surface area contributed by atoms with Crippen LogP contribution in [-0.4, -0.2) is 15.6 Å². The van der Waals surface area contributed by atoms with E-state index in [4.69, 9.17) is 0 Å². The Bertz CT molecular complexity index is 840. The van der Waals surface area contributed by atoms with Gasteiger partial charge in [0.2, 0.25) is 0 Å². The van der Waals surface area contributed by atoms with Crippen LogP contribution in [0.1, 0.15) is 16.8 Å². The number of aryl methyl sites for hydroxylation is 1. The van der Waals surface area contributed by atoms with Crippen molar-refractivity contribution in [2.45, 2.75) is 18.7 Å². The van der Waals surface area contributed by atoms with Crippen molar-refractivity contribution < 1.29 is 0 Å². The molecule has 0 radical (unpaired) electrons. The lowest BCUT2D eigenvalue weighted by atomic mass is 10.1. The monoisotopic (exact) mass is 267 g/mol. The fraction of sp³-hybridized carbons (Fsp3) is 0.200. The van der Waals surface area contributed by atoms with Crippen LogP contribution in [0.3, 0.4) is 0 Å². The van der Waals surface area contributed by atoms with Crippen LogP contribution in [0, 0.1) is 25.2 Å². The minimum Gasteiger partial charge on any atom is -0.295 e. The Morgan fingerprint density at radius 2 is 2.00 bits per heavy atom. The zero-order valence-electron chi connectivity index (χ0n) is 11.1.